The van der Waals surface area contributed by atoms with Crippen LogP contribution in [-0.4, -0.2) is 33.3 Å². The van der Waals surface area contributed by atoms with Crippen LogP contribution in [0, 0.1) is 5.92 Å². The van der Waals surface area contributed by atoms with Crippen LogP contribution < -0.4 is 5.73 Å². The first-order valence-corrected chi connectivity index (χ1v) is 7.01. The number of hydrogen-bond acceptors (Lipinski definition) is 5. The van der Waals surface area contributed by atoms with Gasteiger partial charge in [-0.25, -0.2) is 4.79 Å². The molecule has 1 aromatic rings. The number of nitrogens with two attached hydrogens (primary N) is 1. The topological polar surface area (TPSA) is 124 Å². The lowest BCUT2D eigenvalue weighted by Gasteiger charge is -2.28. The third-order valence-electron chi connectivity index (χ3n) is 4.35. The minimum atomic E-state index is -1.49. The van der Waals surface area contributed by atoms with Crippen molar-refractivity contribution in [3.63, 3.8) is 0 Å². The van der Waals surface area contributed by atoms with Gasteiger partial charge >= 0.3 is 13.1 Å². The summed E-state index contributed by atoms with van der Waals surface area (Å²) >= 11 is 0. The van der Waals surface area contributed by atoms with Gasteiger partial charge in [0.2, 0.25) is 0 Å². The molecular formula is C14H20BNO5. The first-order chi connectivity index (χ1) is 9.91. The van der Waals surface area contributed by atoms with E-state index < -0.39 is 18.6 Å². The molecule has 2 rings (SSSR count). The van der Waals surface area contributed by atoms with Gasteiger partial charge in [-0.2, -0.15) is 0 Å². The van der Waals surface area contributed by atoms with Gasteiger partial charge in [-0.3, -0.25) is 0 Å². The first-order valence-electron chi connectivity index (χ1n) is 7.01. The number of carboxylic acids is 1. The Morgan fingerprint density at radius 1 is 1.43 bits per heavy atom. The van der Waals surface area contributed by atoms with Gasteiger partial charge in [-0.15, -0.1) is 0 Å². The molecule has 0 aliphatic heterocycles. The predicted molar refractivity (Wildman–Crippen MR) is 77.3 cm³/mol. The van der Waals surface area contributed by atoms with Crippen molar-refractivity contribution < 1.29 is 25.1 Å². The molecule has 21 heavy (non-hydrogen) atoms. The van der Waals surface area contributed by atoms with Crippen LogP contribution in [0.5, 0.6) is 0 Å². The van der Waals surface area contributed by atoms with Crippen molar-refractivity contribution >= 4 is 13.1 Å². The summed E-state index contributed by atoms with van der Waals surface area (Å²) < 4.78 is 0. The molecule has 1 aliphatic carbocycles. The van der Waals surface area contributed by atoms with Crippen LogP contribution in [0.3, 0.4) is 0 Å². The van der Waals surface area contributed by atoms with E-state index in [-0.39, 0.29) is 18.8 Å². The summed E-state index contributed by atoms with van der Waals surface area (Å²) in [7, 11) is -1.39. The number of rotatable bonds is 6. The van der Waals surface area contributed by atoms with Crippen molar-refractivity contribution in [2.24, 2.45) is 11.7 Å². The minimum Gasteiger partial charge on any atom is -0.480 e. The Bertz CT molecular complexity index is 536. The predicted octanol–water partition coefficient (Wildman–Crippen LogP) is -0.157. The molecule has 0 fully saturated rings. The maximum Gasteiger partial charge on any atom is 0.451 e. The molecule has 0 unspecified atom stereocenters. The van der Waals surface area contributed by atoms with Crippen LogP contribution in [-0.2, 0) is 23.4 Å². The number of carbonyl (C=O) groups is 1. The van der Waals surface area contributed by atoms with Crippen LogP contribution in [0.15, 0.2) is 18.2 Å². The standard InChI is InChI=1S/C14H20BNO5/c16-14(13(18)19)10(4-2-6-15(20)21)7-11-9(8-17)3-1-5-12(11)14/h1,3,5,10,17,20-21H,2,4,6-8,16H2,(H,18,19)/t10-,14+/m0/s1. The van der Waals surface area contributed by atoms with Crippen LogP contribution in [0.1, 0.15) is 29.5 Å². The monoisotopic (exact) mass is 293 g/mol. The summed E-state index contributed by atoms with van der Waals surface area (Å²) in [4.78, 5) is 11.7. The van der Waals surface area contributed by atoms with Gasteiger partial charge < -0.3 is 26.0 Å². The fourth-order valence-corrected chi connectivity index (χ4v) is 3.21. The SMILES string of the molecule is N[C@@]1(C(=O)O)c2cccc(CO)c2C[C@@H]1CCCB(O)O. The van der Waals surface area contributed by atoms with Gasteiger partial charge in [0.05, 0.1) is 6.61 Å². The minimum absolute atomic E-state index is 0.152. The molecule has 0 spiro atoms. The lowest BCUT2D eigenvalue weighted by molar-refractivity contribution is -0.145. The Morgan fingerprint density at radius 2 is 2.14 bits per heavy atom. The third-order valence-corrected chi connectivity index (χ3v) is 4.35. The summed E-state index contributed by atoms with van der Waals surface area (Å²) in [5.74, 6) is -1.41. The van der Waals surface area contributed by atoms with Gasteiger partial charge in [0.1, 0.15) is 5.54 Å². The molecule has 114 valence electrons. The average molecular weight is 293 g/mol. The van der Waals surface area contributed by atoms with E-state index in [1.807, 2.05) is 0 Å². The van der Waals surface area contributed by atoms with Crippen LogP contribution >= 0.6 is 0 Å². The van der Waals surface area contributed by atoms with E-state index in [1.165, 1.54) is 0 Å². The number of benzene rings is 1. The van der Waals surface area contributed by atoms with Gasteiger partial charge in [0.15, 0.2) is 0 Å². The maximum absolute atomic E-state index is 11.7. The fraction of sp³-hybridized carbons (Fsp3) is 0.500. The zero-order valence-electron chi connectivity index (χ0n) is 11.7. The van der Waals surface area contributed by atoms with E-state index in [2.05, 4.69) is 0 Å². The highest BCUT2D eigenvalue weighted by Gasteiger charge is 2.50. The second-order valence-corrected chi connectivity index (χ2v) is 5.59. The molecule has 0 saturated carbocycles. The molecule has 0 amide bonds. The van der Waals surface area contributed by atoms with E-state index >= 15 is 0 Å². The lowest BCUT2D eigenvalue weighted by Crippen LogP contribution is -2.48. The Morgan fingerprint density at radius 3 is 2.71 bits per heavy atom. The highest BCUT2D eigenvalue weighted by molar-refractivity contribution is 6.40. The molecule has 2 atom stereocenters. The van der Waals surface area contributed by atoms with Crippen molar-refractivity contribution in [1.82, 2.24) is 0 Å². The summed E-state index contributed by atoms with van der Waals surface area (Å²) in [5, 5.41) is 36.8. The molecule has 6 N–H and O–H groups in total. The van der Waals surface area contributed by atoms with E-state index in [0.29, 0.717) is 30.4 Å². The van der Waals surface area contributed by atoms with Crippen molar-refractivity contribution in [1.29, 1.82) is 0 Å². The highest BCUT2D eigenvalue weighted by Crippen LogP contribution is 2.43. The molecule has 0 bridgehead atoms. The zero-order valence-corrected chi connectivity index (χ0v) is 11.7. The third kappa shape index (κ3) is 2.82. The summed E-state index contributed by atoms with van der Waals surface area (Å²) in [6.07, 6.45) is 1.64. The number of fused-ring (bicyclic) bond motifs is 1. The van der Waals surface area contributed by atoms with Gasteiger partial charge in [-0.1, -0.05) is 24.6 Å². The fourth-order valence-electron chi connectivity index (χ4n) is 3.21. The highest BCUT2D eigenvalue weighted by atomic mass is 16.4. The number of aliphatic carboxylic acids is 1. The second kappa shape index (κ2) is 6.15. The number of carboxylic acid groups (broad SMARTS) is 1. The van der Waals surface area contributed by atoms with Gasteiger partial charge in [-0.05, 0) is 41.8 Å². The van der Waals surface area contributed by atoms with Crippen LogP contribution in [0.25, 0.3) is 0 Å². The molecule has 1 aromatic carbocycles. The van der Waals surface area contributed by atoms with Crippen molar-refractivity contribution in [2.45, 2.75) is 37.7 Å². The molecule has 0 heterocycles. The van der Waals surface area contributed by atoms with E-state index in [1.54, 1.807) is 18.2 Å². The molecule has 0 saturated heterocycles. The number of aliphatic hydroxyl groups is 1. The van der Waals surface area contributed by atoms with E-state index in [4.69, 9.17) is 15.8 Å². The Labute approximate surface area is 123 Å². The summed E-state index contributed by atoms with van der Waals surface area (Å²) in [6, 6.07) is 5.17. The van der Waals surface area contributed by atoms with Crippen molar-refractivity contribution in [3.8, 4) is 0 Å². The normalized spacial score (nSPS) is 23.9. The Hall–Kier alpha value is -1.41. The van der Waals surface area contributed by atoms with Crippen LogP contribution in [0.2, 0.25) is 6.32 Å². The quantitative estimate of drug-likeness (QED) is 0.464. The molecule has 0 aromatic heterocycles. The van der Waals surface area contributed by atoms with Crippen molar-refractivity contribution in [3.05, 3.63) is 34.9 Å². The summed E-state index contributed by atoms with van der Waals surface area (Å²) in [6.45, 7) is -0.152. The van der Waals surface area contributed by atoms with E-state index in [9.17, 15) is 15.0 Å². The number of hydrogen-bond donors (Lipinski definition) is 5. The first kappa shape index (κ1) is 16.0. The number of aliphatic hydroxyl groups excluding tert-OH is 1. The zero-order chi connectivity index (χ0) is 15.6. The average Bonchev–Trinajstić information content (AvgIpc) is 2.73. The maximum atomic E-state index is 11.7. The summed E-state index contributed by atoms with van der Waals surface area (Å²) in [5.41, 5.74) is 6.77. The lowest BCUT2D eigenvalue weighted by atomic mass is 9.77. The largest absolute Gasteiger partial charge is 0.480 e. The Balaban J connectivity index is 2.30. The molecule has 1 aliphatic rings. The van der Waals surface area contributed by atoms with Gasteiger partial charge in [0, 0.05) is 0 Å². The van der Waals surface area contributed by atoms with Crippen molar-refractivity contribution in [2.75, 3.05) is 0 Å². The smallest absolute Gasteiger partial charge is 0.451 e. The molecule has 0 radical (unpaired) electrons. The Kier molecular flexibility index (Phi) is 4.68. The van der Waals surface area contributed by atoms with E-state index in [0.717, 1.165) is 5.56 Å². The second-order valence-electron chi connectivity index (χ2n) is 5.59. The molecule has 7 heteroatoms. The molecule has 6 nitrogen and oxygen atoms in total. The van der Waals surface area contributed by atoms with Gasteiger partial charge in [0.25, 0.3) is 0 Å². The molecular weight excluding hydrogens is 273 g/mol. The van der Waals surface area contributed by atoms with Crippen LogP contribution in [0.4, 0.5) is 0 Å².